The normalized spacial score (nSPS) is 36.1. The van der Waals surface area contributed by atoms with Crippen LogP contribution in [0.4, 0.5) is 0 Å². The Morgan fingerprint density at radius 2 is 1.96 bits per heavy atom. The molecular formula is C19H34BrNO3Si. The van der Waals surface area contributed by atoms with Gasteiger partial charge < -0.3 is 14.1 Å². The number of rotatable bonds is 7. The van der Waals surface area contributed by atoms with Gasteiger partial charge in [0.1, 0.15) is 5.41 Å². The van der Waals surface area contributed by atoms with Gasteiger partial charge in [0.05, 0.1) is 16.5 Å². The highest BCUT2D eigenvalue weighted by Gasteiger charge is 2.71. The fourth-order valence-corrected chi connectivity index (χ4v) is 7.79. The molecule has 6 heteroatoms. The lowest BCUT2D eigenvalue weighted by atomic mass is 9.54. The van der Waals surface area contributed by atoms with Gasteiger partial charge in [0.15, 0.2) is 8.32 Å². The lowest BCUT2D eigenvalue weighted by Crippen LogP contribution is -2.78. The topological polar surface area (TPSA) is 38.8 Å². The lowest BCUT2D eigenvalue weighted by molar-refractivity contribution is -0.201. The van der Waals surface area contributed by atoms with E-state index in [9.17, 15) is 4.79 Å². The van der Waals surface area contributed by atoms with Crippen LogP contribution >= 0.6 is 15.9 Å². The molecule has 3 atom stereocenters. The molecule has 1 aliphatic heterocycles. The number of carbonyl (C=O) groups is 1. The number of piperidine rings is 1. The molecule has 0 aromatic carbocycles. The van der Waals surface area contributed by atoms with Crippen LogP contribution in [0.2, 0.25) is 19.6 Å². The second-order valence-corrected chi connectivity index (χ2v) is 14.4. The van der Waals surface area contributed by atoms with E-state index in [2.05, 4.69) is 54.0 Å². The molecule has 2 rings (SSSR count). The molecule has 0 unspecified atom stereocenters. The van der Waals surface area contributed by atoms with Crippen LogP contribution in [0.1, 0.15) is 39.5 Å². The van der Waals surface area contributed by atoms with E-state index in [0.29, 0.717) is 19.6 Å². The Bertz CT molecular complexity index is 523. The summed E-state index contributed by atoms with van der Waals surface area (Å²) in [5.74, 6) is -0.100. The highest BCUT2D eigenvalue weighted by Crippen LogP contribution is 2.61. The smallest absolute Gasteiger partial charge is 0.316 e. The molecule has 4 nitrogen and oxygen atoms in total. The third kappa shape index (κ3) is 3.52. The summed E-state index contributed by atoms with van der Waals surface area (Å²) in [5.41, 5.74) is -1.24. The Kier molecular flexibility index (Phi) is 6.30. The summed E-state index contributed by atoms with van der Waals surface area (Å²) >= 11 is 4.10. The number of fused-ring (bicyclic) bond motifs is 2. The number of halogens is 1. The van der Waals surface area contributed by atoms with Gasteiger partial charge in [-0.25, -0.2) is 0 Å². The fourth-order valence-electron chi connectivity index (χ4n) is 4.87. The van der Waals surface area contributed by atoms with E-state index in [4.69, 9.17) is 9.16 Å². The van der Waals surface area contributed by atoms with Gasteiger partial charge in [-0.3, -0.25) is 4.79 Å². The zero-order valence-corrected chi connectivity index (χ0v) is 19.1. The number of esters is 1. The molecule has 1 aliphatic carbocycles. The maximum atomic E-state index is 13.3. The van der Waals surface area contributed by atoms with Crippen molar-refractivity contribution >= 4 is 30.2 Å². The van der Waals surface area contributed by atoms with Crippen LogP contribution in [0.25, 0.3) is 0 Å². The summed E-state index contributed by atoms with van der Waals surface area (Å²) in [6.45, 7) is 17.6. The van der Waals surface area contributed by atoms with Crippen molar-refractivity contribution in [1.29, 1.82) is 0 Å². The molecule has 1 saturated heterocycles. The predicted molar refractivity (Wildman–Crippen MR) is 109 cm³/mol. The van der Waals surface area contributed by atoms with Crippen molar-refractivity contribution in [3.8, 4) is 0 Å². The van der Waals surface area contributed by atoms with Gasteiger partial charge in [-0.1, -0.05) is 35.4 Å². The summed E-state index contributed by atoms with van der Waals surface area (Å²) in [6.07, 6.45) is 5.42. The van der Waals surface area contributed by atoms with Crippen molar-refractivity contribution in [2.45, 2.75) is 69.1 Å². The van der Waals surface area contributed by atoms with Crippen molar-refractivity contribution in [2.24, 2.45) is 5.41 Å². The quantitative estimate of drug-likeness (QED) is 0.259. The van der Waals surface area contributed by atoms with Gasteiger partial charge in [0, 0.05) is 13.1 Å². The van der Waals surface area contributed by atoms with Crippen molar-refractivity contribution < 1.29 is 14.0 Å². The van der Waals surface area contributed by atoms with Crippen LogP contribution in [-0.2, 0) is 14.0 Å². The number of likely N-dealkylation sites (tertiary alicyclic amines) is 1. The standard InChI is InChI=1S/C19H34BrNO3Si/c1-7-11-19(24-25(4,5)6)17(16(22)23-9-3)12-10-13-18(19,20)15-21(8-2)14-17/h7H,1,8-15H2,2-6H3/t17-,18-,19-/m0/s1. The molecule has 2 bridgehead atoms. The van der Waals surface area contributed by atoms with Crippen LogP contribution in [0.5, 0.6) is 0 Å². The number of hydrogen-bond donors (Lipinski definition) is 0. The molecule has 2 aliphatic rings. The van der Waals surface area contributed by atoms with Crippen molar-refractivity contribution in [1.82, 2.24) is 4.90 Å². The first-order valence-corrected chi connectivity index (χ1v) is 13.7. The van der Waals surface area contributed by atoms with E-state index in [0.717, 1.165) is 32.4 Å². The largest absolute Gasteiger partial charge is 0.465 e. The summed E-state index contributed by atoms with van der Waals surface area (Å²) in [5, 5.41) is 0. The van der Waals surface area contributed by atoms with E-state index in [1.807, 2.05) is 13.0 Å². The minimum Gasteiger partial charge on any atom is -0.465 e. The number of alkyl halides is 1. The highest BCUT2D eigenvalue weighted by molar-refractivity contribution is 9.10. The number of ether oxygens (including phenoxy) is 1. The first kappa shape index (κ1) is 21.1. The molecule has 0 radical (unpaired) electrons. The minimum absolute atomic E-state index is 0.100. The van der Waals surface area contributed by atoms with Gasteiger partial charge >= 0.3 is 5.97 Å². The van der Waals surface area contributed by atoms with E-state index >= 15 is 0 Å². The summed E-state index contributed by atoms with van der Waals surface area (Å²) < 4.78 is 12.3. The predicted octanol–water partition coefficient (Wildman–Crippen LogP) is 4.36. The molecule has 144 valence electrons. The summed E-state index contributed by atoms with van der Waals surface area (Å²) in [7, 11) is -1.92. The van der Waals surface area contributed by atoms with Gasteiger partial charge in [-0.15, -0.1) is 6.58 Å². The van der Waals surface area contributed by atoms with Crippen molar-refractivity contribution in [2.75, 3.05) is 26.2 Å². The SMILES string of the molecule is C=CC[C@@]1(O[Si](C)(C)C)[C@]2(Br)CCC[C@@]1(C(=O)OCC)CN(CC)C2. The van der Waals surface area contributed by atoms with Crippen LogP contribution in [0.15, 0.2) is 12.7 Å². The maximum absolute atomic E-state index is 13.3. The fraction of sp³-hybridized carbons (Fsp3) is 0.842. The zero-order chi connectivity index (χ0) is 18.9. The molecule has 0 N–H and O–H groups in total. The van der Waals surface area contributed by atoms with Gasteiger partial charge in [0.25, 0.3) is 0 Å². The van der Waals surface area contributed by atoms with Crippen LogP contribution in [-0.4, -0.2) is 55.4 Å². The average Bonchev–Trinajstić information content (AvgIpc) is 2.48. The molecule has 0 spiro atoms. The maximum Gasteiger partial charge on any atom is 0.316 e. The van der Waals surface area contributed by atoms with Crippen molar-refractivity contribution in [3.63, 3.8) is 0 Å². The molecule has 1 saturated carbocycles. The molecule has 1 heterocycles. The van der Waals surface area contributed by atoms with E-state index in [1.54, 1.807) is 0 Å². The Hall–Kier alpha value is -0.173. The number of carbonyl (C=O) groups excluding carboxylic acids is 1. The van der Waals surface area contributed by atoms with Crippen LogP contribution < -0.4 is 0 Å². The highest BCUT2D eigenvalue weighted by atomic mass is 79.9. The number of nitrogens with zero attached hydrogens (tertiary/aromatic N) is 1. The summed E-state index contributed by atoms with van der Waals surface area (Å²) in [6, 6.07) is 0. The third-order valence-electron chi connectivity index (χ3n) is 5.67. The van der Waals surface area contributed by atoms with E-state index in [1.165, 1.54) is 0 Å². The Balaban J connectivity index is 2.67. The lowest BCUT2D eigenvalue weighted by Gasteiger charge is -2.66. The Morgan fingerprint density at radius 1 is 1.28 bits per heavy atom. The first-order valence-electron chi connectivity index (χ1n) is 9.49. The molecule has 0 aromatic heterocycles. The molecule has 2 fully saturated rings. The second-order valence-electron chi connectivity index (χ2n) is 8.46. The third-order valence-corrected chi connectivity index (χ3v) is 7.92. The molecular weight excluding hydrogens is 398 g/mol. The van der Waals surface area contributed by atoms with E-state index in [-0.39, 0.29) is 10.3 Å². The zero-order valence-electron chi connectivity index (χ0n) is 16.5. The molecule has 0 amide bonds. The number of hydrogen-bond acceptors (Lipinski definition) is 4. The molecule has 25 heavy (non-hydrogen) atoms. The first-order chi connectivity index (χ1) is 11.6. The van der Waals surface area contributed by atoms with Gasteiger partial charge in [0.2, 0.25) is 0 Å². The van der Waals surface area contributed by atoms with Gasteiger partial charge in [-0.2, -0.15) is 0 Å². The second kappa shape index (κ2) is 7.45. The van der Waals surface area contributed by atoms with E-state index < -0.39 is 19.3 Å². The van der Waals surface area contributed by atoms with Crippen molar-refractivity contribution in [3.05, 3.63) is 12.7 Å². The minimum atomic E-state index is -1.92. The van der Waals surface area contributed by atoms with Gasteiger partial charge in [-0.05, 0) is 52.4 Å². The monoisotopic (exact) mass is 431 g/mol. The van der Waals surface area contributed by atoms with Crippen LogP contribution in [0, 0.1) is 5.41 Å². The Labute approximate surface area is 162 Å². The molecule has 0 aromatic rings. The summed E-state index contributed by atoms with van der Waals surface area (Å²) in [4.78, 5) is 15.7. The Morgan fingerprint density at radius 3 is 2.48 bits per heavy atom. The van der Waals surface area contributed by atoms with Crippen LogP contribution in [0.3, 0.4) is 0 Å². The average molecular weight is 432 g/mol.